The van der Waals surface area contributed by atoms with Crippen LogP contribution in [0.3, 0.4) is 0 Å². The molecular weight excluding hydrogens is 228 g/mol. The highest BCUT2D eigenvalue weighted by Gasteiger charge is 2.45. The van der Waals surface area contributed by atoms with E-state index in [-0.39, 0.29) is 0 Å². The third-order valence-electron chi connectivity index (χ3n) is 4.03. The smallest absolute Gasteiger partial charge is 0.122 e. The van der Waals surface area contributed by atoms with Crippen LogP contribution in [0.25, 0.3) is 0 Å². The lowest BCUT2D eigenvalue weighted by Crippen LogP contribution is -2.43. The maximum absolute atomic E-state index is 10.6. The van der Waals surface area contributed by atoms with Crippen molar-refractivity contribution in [3.8, 4) is 11.5 Å². The summed E-state index contributed by atoms with van der Waals surface area (Å²) in [6, 6.07) is 5.63. The molecule has 1 aliphatic rings. The van der Waals surface area contributed by atoms with Crippen molar-refractivity contribution in [2.24, 2.45) is 11.8 Å². The Morgan fingerprint density at radius 2 is 1.61 bits per heavy atom. The molecule has 0 spiro atoms. The van der Waals surface area contributed by atoms with Gasteiger partial charge in [-0.25, -0.2) is 0 Å². The quantitative estimate of drug-likeness (QED) is 0.893. The van der Waals surface area contributed by atoms with Crippen LogP contribution in [0, 0.1) is 11.8 Å². The van der Waals surface area contributed by atoms with Crippen LogP contribution in [0.4, 0.5) is 0 Å². The Balaban J connectivity index is 2.23. The van der Waals surface area contributed by atoms with E-state index in [4.69, 9.17) is 9.47 Å². The second-order valence-corrected chi connectivity index (χ2v) is 5.55. The zero-order valence-corrected chi connectivity index (χ0v) is 11.6. The van der Waals surface area contributed by atoms with Gasteiger partial charge in [-0.2, -0.15) is 0 Å². The molecule has 1 saturated carbocycles. The Morgan fingerprint density at radius 1 is 1.11 bits per heavy atom. The van der Waals surface area contributed by atoms with E-state index in [0.717, 1.165) is 29.9 Å². The van der Waals surface area contributed by atoms with E-state index in [1.807, 2.05) is 18.2 Å². The number of rotatable bonds is 4. The van der Waals surface area contributed by atoms with Crippen molar-refractivity contribution in [3.05, 3.63) is 23.8 Å². The molecule has 1 N–H and O–H groups in total. The van der Waals surface area contributed by atoms with Crippen molar-refractivity contribution in [3.63, 3.8) is 0 Å². The summed E-state index contributed by atoms with van der Waals surface area (Å²) in [5, 5.41) is 10.6. The van der Waals surface area contributed by atoms with Gasteiger partial charge in [0.2, 0.25) is 0 Å². The fourth-order valence-corrected chi connectivity index (χ4v) is 2.59. The molecule has 0 saturated heterocycles. The third kappa shape index (κ3) is 2.32. The maximum Gasteiger partial charge on any atom is 0.122 e. The number of ether oxygens (including phenoxy) is 2. The number of aliphatic hydroxyl groups is 1. The van der Waals surface area contributed by atoms with Crippen LogP contribution >= 0.6 is 0 Å². The van der Waals surface area contributed by atoms with Gasteiger partial charge in [-0.3, -0.25) is 0 Å². The van der Waals surface area contributed by atoms with Crippen molar-refractivity contribution >= 4 is 0 Å². The van der Waals surface area contributed by atoms with Gasteiger partial charge in [0.1, 0.15) is 11.5 Å². The molecule has 0 aromatic heterocycles. The van der Waals surface area contributed by atoms with Gasteiger partial charge >= 0.3 is 0 Å². The molecule has 0 unspecified atom stereocenters. The lowest BCUT2D eigenvalue weighted by molar-refractivity contribution is -0.0935. The summed E-state index contributed by atoms with van der Waals surface area (Å²) in [5.74, 6) is 2.68. The molecule has 1 fully saturated rings. The zero-order valence-electron chi connectivity index (χ0n) is 11.6. The minimum absolute atomic E-state index is 0.604. The molecule has 0 radical (unpaired) electrons. The average Bonchev–Trinajstić information content (AvgIpc) is 2.33. The van der Waals surface area contributed by atoms with Crippen molar-refractivity contribution in [2.45, 2.75) is 32.3 Å². The van der Waals surface area contributed by atoms with Crippen molar-refractivity contribution in [1.82, 2.24) is 0 Å². The molecule has 18 heavy (non-hydrogen) atoms. The van der Waals surface area contributed by atoms with Gasteiger partial charge in [-0.05, 0) is 42.4 Å². The van der Waals surface area contributed by atoms with Crippen LogP contribution in [-0.4, -0.2) is 19.3 Å². The number of methoxy groups -OCH3 is 2. The van der Waals surface area contributed by atoms with Crippen LogP contribution in [0.15, 0.2) is 18.2 Å². The van der Waals surface area contributed by atoms with Crippen molar-refractivity contribution < 1.29 is 14.6 Å². The summed E-state index contributed by atoms with van der Waals surface area (Å²) in [4.78, 5) is 0. The van der Waals surface area contributed by atoms with Gasteiger partial charge in [0.05, 0.1) is 19.8 Å². The highest BCUT2D eigenvalue weighted by molar-refractivity contribution is 5.41. The fourth-order valence-electron chi connectivity index (χ4n) is 2.59. The molecule has 1 aliphatic carbocycles. The number of benzene rings is 1. The standard InChI is InChI=1S/C15H22O3/c1-10(2)11-8-15(16,9-11)12-5-13(17-3)7-14(6-12)18-4/h5-7,10-11,16H,8-9H2,1-4H3. The normalized spacial score (nSPS) is 26.9. The summed E-state index contributed by atoms with van der Waals surface area (Å²) in [5.41, 5.74) is 0.187. The van der Waals surface area contributed by atoms with Gasteiger partial charge in [-0.15, -0.1) is 0 Å². The Kier molecular flexibility index (Phi) is 3.53. The summed E-state index contributed by atoms with van der Waals surface area (Å²) in [7, 11) is 3.25. The molecule has 0 bridgehead atoms. The lowest BCUT2D eigenvalue weighted by atomic mass is 9.63. The lowest BCUT2D eigenvalue weighted by Gasteiger charge is -2.46. The average molecular weight is 250 g/mol. The second-order valence-electron chi connectivity index (χ2n) is 5.55. The summed E-state index contributed by atoms with van der Waals surface area (Å²) >= 11 is 0. The summed E-state index contributed by atoms with van der Waals surface area (Å²) < 4.78 is 10.5. The summed E-state index contributed by atoms with van der Waals surface area (Å²) in [6.45, 7) is 4.41. The SMILES string of the molecule is COc1cc(OC)cc(C2(O)CC(C(C)C)C2)c1. The van der Waals surface area contributed by atoms with Gasteiger partial charge in [0, 0.05) is 6.07 Å². The van der Waals surface area contributed by atoms with Crippen LogP contribution in [0.1, 0.15) is 32.3 Å². The molecule has 2 rings (SSSR count). The van der Waals surface area contributed by atoms with Gasteiger partial charge in [0.25, 0.3) is 0 Å². The van der Waals surface area contributed by atoms with E-state index in [1.54, 1.807) is 14.2 Å². The molecule has 3 nitrogen and oxygen atoms in total. The monoisotopic (exact) mass is 250 g/mol. The third-order valence-corrected chi connectivity index (χ3v) is 4.03. The minimum atomic E-state index is -0.712. The summed E-state index contributed by atoms with van der Waals surface area (Å²) in [6.07, 6.45) is 1.64. The first-order chi connectivity index (χ1) is 8.48. The van der Waals surface area contributed by atoms with Gasteiger partial charge in [-0.1, -0.05) is 13.8 Å². The molecule has 0 atom stereocenters. The van der Waals surface area contributed by atoms with Crippen LogP contribution in [0.5, 0.6) is 11.5 Å². The van der Waals surface area contributed by atoms with Crippen molar-refractivity contribution in [2.75, 3.05) is 14.2 Å². The van der Waals surface area contributed by atoms with Crippen LogP contribution in [0.2, 0.25) is 0 Å². The second kappa shape index (κ2) is 4.81. The molecule has 1 aromatic carbocycles. The first-order valence-electron chi connectivity index (χ1n) is 6.44. The maximum atomic E-state index is 10.6. The first-order valence-corrected chi connectivity index (χ1v) is 6.44. The molecule has 0 aliphatic heterocycles. The number of hydrogen-bond acceptors (Lipinski definition) is 3. The highest BCUT2D eigenvalue weighted by Crippen LogP contribution is 2.49. The topological polar surface area (TPSA) is 38.7 Å². The highest BCUT2D eigenvalue weighted by atomic mass is 16.5. The van der Waals surface area contributed by atoms with E-state index in [0.29, 0.717) is 11.8 Å². The van der Waals surface area contributed by atoms with E-state index >= 15 is 0 Å². The number of hydrogen-bond donors (Lipinski definition) is 1. The van der Waals surface area contributed by atoms with E-state index < -0.39 is 5.60 Å². The van der Waals surface area contributed by atoms with E-state index in [9.17, 15) is 5.11 Å². The van der Waals surface area contributed by atoms with Gasteiger partial charge < -0.3 is 14.6 Å². The van der Waals surface area contributed by atoms with Crippen LogP contribution in [-0.2, 0) is 5.60 Å². The Labute approximate surface area is 109 Å². The predicted octanol–water partition coefficient (Wildman–Crippen LogP) is 2.96. The molecule has 0 amide bonds. The molecule has 1 aromatic rings. The fraction of sp³-hybridized carbons (Fsp3) is 0.600. The van der Waals surface area contributed by atoms with E-state index in [2.05, 4.69) is 13.8 Å². The van der Waals surface area contributed by atoms with E-state index in [1.165, 1.54) is 0 Å². The molecule has 100 valence electrons. The van der Waals surface area contributed by atoms with Crippen molar-refractivity contribution in [1.29, 1.82) is 0 Å². The molecular formula is C15H22O3. The van der Waals surface area contributed by atoms with Gasteiger partial charge in [0.15, 0.2) is 0 Å². The minimum Gasteiger partial charge on any atom is -0.497 e. The Bertz CT molecular complexity index is 397. The Morgan fingerprint density at radius 3 is 2.00 bits per heavy atom. The molecule has 3 heteroatoms. The largest absolute Gasteiger partial charge is 0.497 e. The molecule has 0 heterocycles. The Hall–Kier alpha value is -1.22. The van der Waals surface area contributed by atoms with Crippen LogP contribution < -0.4 is 9.47 Å². The zero-order chi connectivity index (χ0) is 13.3. The first kappa shape index (κ1) is 13.2. The predicted molar refractivity (Wildman–Crippen MR) is 71.0 cm³/mol.